The summed E-state index contributed by atoms with van der Waals surface area (Å²) in [6, 6.07) is 66.3. The molecule has 8 aromatic rings. The average Bonchev–Trinajstić information content (AvgIpc) is 4.12. The first-order chi connectivity index (χ1) is 35.0. The molecule has 0 aromatic heterocycles. The molecule has 2 unspecified atom stereocenters. The SMILES string of the molecule is CCCCC1=Cc2c(ccc(C(C)C)c2-c2ccccc2-c2ccccc2)[CH]1[Zr]([Cl])([Cl])([c]1cccc2c1[SiH2]c1ccccc1-2)[CH]1C(CCCC)=Cc2c1ccc(C(C)C)c2-c1ccccc1-c1ccccc1. The van der Waals surface area contributed by atoms with Gasteiger partial charge in [0, 0.05) is 0 Å². The number of unbranched alkanes of at least 4 members (excludes halogenated alkanes) is 2. The Morgan fingerprint density at radius 3 is 1.32 bits per heavy atom. The van der Waals surface area contributed by atoms with Crippen LogP contribution in [0.5, 0.6) is 0 Å². The van der Waals surface area contributed by atoms with Gasteiger partial charge in [0.15, 0.2) is 0 Å². The standard InChI is InChI=1S/2C28H29.C12H9Si.2ClH.Zr/c2*1-4-5-11-21-18-23-16-17-24(20(2)3)28(27(23)19-21)26-15-10-9-14-25(26)22-12-7-6-8-13-22;1-3-7-11-9(5-1)10-6-2-4-8-12(10)13-11;;;/h2*6-10,12-20H,4-5,11H2,1-3H3;1-7H,13H2;2*1H;/q;;;;;+2/p-2. The summed E-state index contributed by atoms with van der Waals surface area (Å²) in [4.78, 5) is 0. The third kappa shape index (κ3) is 8.19. The molecule has 0 bridgehead atoms. The van der Waals surface area contributed by atoms with Gasteiger partial charge in [-0.2, -0.15) is 0 Å². The fourth-order valence-corrected chi connectivity index (χ4v) is 41.3. The zero-order valence-electron chi connectivity index (χ0n) is 42.9. The molecule has 72 heavy (non-hydrogen) atoms. The third-order valence-corrected chi connectivity index (χ3v) is 39.3. The van der Waals surface area contributed by atoms with Gasteiger partial charge in [-0.05, 0) is 0 Å². The summed E-state index contributed by atoms with van der Waals surface area (Å²) < 4.78 is 1.02. The third-order valence-electron chi connectivity index (χ3n) is 16.5. The molecule has 2 aliphatic carbocycles. The monoisotopic (exact) mass is 1070 g/mol. The van der Waals surface area contributed by atoms with E-state index in [2.05, 4.69) is 230 Å². The van der Waals surface area contributed by atoms with Gasteiger partial charge in [-0.1, -0.05) is 0 Å². The van der Waals surface area contributed by atoms with Crippen LogP contribution < -0.4 is 13.6 Å². The summed E-state index contributed by atoms with van der Waals surface area (Å²) in [6.07, 6.45) is 11.5. The van der Waals surface area contributed by atoms with Crippen LogP contribution in [0, 0.1) is 0 Å². The van der Waals surface area contributed by atoms with Crippen LogP contribution in [-0.4, -0.2) is 9.52 Å². The van der Waals surface area contributed by atoms with Gasteiger partial charge in [-0.3, -0.25) is 0 Å². The Morgan fingerprint density at radius 1 is 0.444 bits per heavy atom. The van der Waals surface area contributed by atoms with Crippen molar-refractivity contribution in [3.05, 3.63) is 220 Å². The van der Waals surface area contributed by atoms with E-state index in [-0.39, 0.29) is 7.25 Å². The van der Waals surface area contributed by atoms with Gasteiger partial charge in [0.2, 0.25) is 0 Å². The van der Waals surface area contributed by atoms with Crippen molar-refractivity contribution < 1.29 is 16.4 Å². The number of halogens is 2. The molecular formula is C68H67Cl2SiZr. The number of fused-ring (bicyclic) bond motifs is 5. The second kappa shape index (κ2) is 20.0. The molecule has 1 aliphatic heterocycles. The molecule has 1 heterocycles. The van der Waals surface area contributed by atoms with Gasteiger partial charge >= 0.3 is 444 Å². The van der Waals surface area contributed by atoms with E-state index in [1.165, 1.54) is 114 Å². The molecule has 0 amide bonds. The van der Waals surface area contributed by atoms with E-state index in [4.69, 9.17) is 0 Å². The van der Waals surface area contributed by atoms with Crippen LogP contribution in [0.25, 0.3) is 67.8 Å². The first-order valence-electron chi connectivity index (χ1n) is 26.8. The normalized spacial score (nSPS) is 16.6. The molecule has 4 heteroatoms. The Kier molecular flexibility index (Phi) is 13.6. The van der Waals surface area contributed by atoms with E-state index in [0.29, 0.717) is 11.8 Å². The van der Waals surface area contributed by atoms with E-state index >= 15 is 0 Å². The molecule has 11 rings (SSSR count). The van der Waals surface area contributed by atoms with Crippen LogP contribution in [0.3, 0.4) is 0 Å². The molecule has 8 aromatic carbocycles. The minimum absolute atomic E-state index is 0.143. The molecule has 0 fully saturated rings. The van der Waals surface area contributed by atoms with E-state index in [1.54, 1.807) is 0 Å². The van der Waals surface area contributed by atoms with E-state index in [9.17, 15) is 17.0 Å². The van der Waals surface area contributed by atoms with Crippen molar-refractivity contribution in [1.29, 1.82) is 0 Å². The number of hydrogen-bond donors (Lipinski definition) is 0. The number of hydrogen-bond acceptors (Lipinski definition) is 0. The quantitative estimate of drug-likeness (QED) is 0.0898. The predicted molar refractivity (Wildman–Crippen MR) is 314 cm³/mol. The summed E-state index contributed by atoms with van der Waals surface area (Å²) in [5.74, 6) is 0.601. The summed E-state index contributed by atoms with van der Waals surface area (Å²) in [7, 11) is 18.5. The van der Waals surface area contributed by atoms with Gasteiger partial charge in [0.25, 0.3) is 0 Å². The molecule has 0 saturated heterocycles. The second-order valence-electron chi connectivity index (χ2n) is 21.5. The molecule has 0 radical (unpaired) electrons. The fourth-order valence-electron chi connectivity index (χ4n) is 13.3. The second-order valence-corrected chi connectivity index (χ2v) is 44.0. The maximum atomic E-state index is 9.73. The van der Waals surface area contributed by atoms with Crippen molar-refractivity contribution in [2.24, 2.45) is 0 Å². The molecule has 0 saturated carbocycles. The summed E-state index contributed by atoms with van der Waals surface area (Å²) in [5, 5.41) is 2.97. The number of rotatable bonds is 15. The molecule has 0 spiro atoms. The van der Waals surface area contributed by atoms with Crippen molar-refractivity contribution in [2.45, 2.75) is 99.2 Å². The molecule has 0 N–H and O–H groups in total. The van der Waals surface area contributed by atoms with Gasteiger partial charge in [-0.25, -0.2) is 0 Å². The van der Waals surface area contributed by atoms with Crippen molar-refractivity contribution in [3.8, 4) is 55.6 Å². The first kappa shape index (κ1) is 49.1. The number of benzene rings is 8. The van der Waals surface area contributed by atoms with Crippen molar-refractivity contribution >= 4 is 52.3 Å². The van der Waals surface area contributed by atoms with Crippen molar-refractivity contribution in [1.82, 2.24) is 0 Å². The molecule has 3 aliphatic rings. The Bertz CT molecular complexity index is 3240. The van der Waals surface area contributed by atoms with Crippen molar-refractivity contribution in [3.63, 3.8) is 0 Å². The van der Waals surface area contributed by atoms with Crippen LogP contribution in [-0.2, 0) is 16.4 Å². The van der Waals surface area contributed by atoms with Crippen LogP contribution >= 0.6 is 17.0 Å². The Hall–Kier alpha value is -5.08. The van der Waals surface area contributed by atoms with Gasteiger partial charge in [0.1, 0.15) is 0 Å². The van der Waals surface area contributed by atoms with Crippen LogP contribution in [0.15, 0.2) is 187 Å². The fraction of sp³-hybridized carbons (Fsp3) is 0.235. The van der Waals surface area contributed by atoms with E-state index in [1.807, 2.05) is 0 Å². The molecule has 361 valence electrons. The van der Waals surface area contributed by atoms with Crippen molar-refractivity contribution in [2.75, 3.05) is 0 Å². The van der Waals surface area contributed by atoms with Crippen LogP contribution in [0.2, 0.25) is 0 Å². The predicted octanol–water partition coefficient (Wildman–Crippen LogP) is 18.0. The Labute approximate surface area is 440 Å². The van der Waals surface area contributed by atoms with Gasteiger partial charge in [-0.15, -0.1) is 0 Å². The summed E-state index contributed by atoms with van der Waals surface area (Å²) >= 11 is -5.87. The van der Waals surface area contributed by atoms with E-state index < -0.39 is 25.9 Å². The zero-order valence-corrected chi connectivity index (χ0v) is 48.3. The zero-order chi connectivity index (χ0) is 49.8. The minimum atomic E-state index is -5.87. The summed E-state index contributed by atoms with van der Waals surface area (Å²) in [5.41, 5.74) is 23.8. The Balaban J connectivity index is 1.25. The van der Waals surface area contributed by atoms with Crippen LogP contribution in [0.1, 0.15) is 133 Å². The Morgan fingerprint density at radius 2 is 0.861 bits per heavy atom. The molecule has 0 nitrogen and oxygen atoms in total. The van der Waals surface area contributed by atoms with E-state index in [0.717, 1.165) is 38.5 Å². The van der Waals surface area contributed by atoms with Crippen LogP contribution in [0.4, 0.5) is 0 Å². The van der Waals surface area contributed by atoms with Gasteiger partial charge in [0.05, 0.1) is 0 Å². The first-order valence-corrected chi connectivity index (χ1v) is 38.7. The molecule has 2 atom stereocenters. The molecular weight excluding hydrogens is 1010 g/mol. The average molecular weight is 1070 g/mol. The maximum absolute atomic E-state index is 9.73. The number of allylic oxidation sites excluding steroid dienone is 2. The topological polar surface area (TPSA) is 0 Å². The summed E-state index contributed by atoms with van der Waals surface area (Å²) in [6.45, 7) is 14.1. The van der Waals surface area contributed by atoms with Gasteiger partial charge < -0.3 is 0 Å².